The van der Waals surface area contributed by atoms with E-state index in [4.69, 9.17) is 5.73 Å². The van der Waals surface area contributed by atoms with Crippen molar-refractivity contribution in [2.45, 2.75) is 32.6 Å². The molecule has 2 aromatic carbocycles. The SMILES string of the molecule is CC(C)(C)c1cc(NC(=O)Nc2cccc(F)c2F)n(-c2cccc(CC(N)=O)c2)n1. The second kappa shape index (κ2) is 8.55. The number of anilines is 2. The summed E-state index contributed by atoms with van der Waals surface area (Å²) in [6.07, 6.45) is 0.0589. The van der Waals surface area contributed by atoms with Crippen LogP contribution in [0.5, 0.6) is 0 Å². The van der Waals surface area contributed by atoms with E-state index in [1.807, 2.05) is 20.8 Å². The van der Waals surface area contributed by atoms with E-state index >= 15 is 0 Å². The molecule has 3 rings (SSSR count). The zero-order valence-corrected chi connectivity index (χ0v) is 17.4. The Morgan fingerprint density at radius 2 is 1.77 bits per heavy atom. The van der Waals surface area contributed by atoms with Gasteiger partial charge in [-0.05, 0) is 29.8 Å². The fourth-order valence-electron chi connectivity index (χ4n) is 2.90. The number of nitrogens with zero attached hydrogens (tertiary/aromatic N) is 2. The number of nitrogens with two attached hydrogens (primary N) is 1. The number of halogens is 2. The van der Waals surface area contributed by atoms with Gasteiger partial charge in [-0.15, -0.1) is 0 Å². The van der Waals surface area contributed by atoms with Crippen LogP contribution in [0.15, 0.2) is 48.5 Å². The van der Waals surface area contributed by atoms with Gasteiger partial charge in [0.05, 0.1) is 23.5 Å². The van der Waals surface area contributed by atoms with E-state index in [1.54, 1.807) is 30.3 Å². The number of carbonyl (C=O) groups excluding carboxylic acids is 2. The molecule has 0 atom stereocenters. The summed E-state index contributed by atoms with van der Waals surface area (Å²) < 4.78 is 28.8. The Labute approximate surface area is 178 Å². The van der Waals surface area contributed by atoms with Crippen molar-refractivity contribution in [3.05, 3.63) is 71.4 Å². The van der Waals surface area contributed by atoms with E-state index in [9.17, 15) is 18.4 Å². The Hall–Kier alpha value is -3.75. The Morgan fingerprint density at radius 1 is 1.06 bits per heavy atom. The molecule has 0 aliphatic rings. The quantitative estimate of drug-likeness (QED) is 0.571. The molecule has 0 unspecified atom stereocenters. The molecule has 0 bridgehead atoms. The molecule has 0 radical (unpaired) electrons. The van der Waals surface area contributed by atoms with Gasteiger partial charge in [-0.1, -0.05) is 39.0 Å². The number of hydrogen-bond donors (Lipinski definition) is 3. The van der Waals surface area contributed by atoms with E-state index in [0.717, 1.165) is 6.07 Å². The third-order valence-corrected chi connectivity index (χ3v) is 4.45. The Bertz CT molecular complexity index is 1140. The molecular formula is C22H23F2N5O2. The van der Waals surface area contributed by atoms with Crippen LogP contribution in [0.2, 0.25) is 0 Å². The van der Waals surface area contributed by atoms with Crippen molar-refractivity contribution in [2.24, 2.45) is 5.73 Å². The molecule has 0 saturated carbocycles. The lowest BCUT2D eigenvalue weighted by Crippen LogP contribution is -2.22. The van der Waals surface area contributed by atoms with Gasteiger partial charge in [-0.25, -0.2) is 18.3 Å². The van der Waals surface area contributed by atoms with Crippen LogP contribution in [0.1, 0.15) is 32.0 Å². The number of nitrogens with one attached hydrogen (secondary N) is 2. The lowest BCUT2D eigenvalue weighted by Gasteiger charge is -2.14. The largest absolute Gasteiger partial charge is 0.369 e. The molecule has 0 spiro atoms. The highest BCUT2D eigenvalue weighted by molar-refractivity contribution is 5.99. The van der Waals surface area contributed by atoms with Gasteiger partial charge in [-0.3, -0.25) is 10.1 Å². The topological polar surface area (TPSA) is 102 Å². The molecule has 162 valence electrons. The number of aromatic nitrogens is 2. The summed E-state index contributed by atoms with van der Waals surface area (Å²) in [6, 6.07) is 11.4. The van der Waals surface area contributed by atoms with E-state index in [1.165, 1.54) is 16.8 Å². The number of rotatable bonds is 5. The molecule has 31 heavy (non-hydrogen) atoms. The summed E-state index contributed by atoms with van der Waals surface area (Å²) in [5.74, 6) is -2.37. The van der Waals surface area contributed by atoms with Crippen molar-refractivity contribution in [1.82, 2.24) is 9.78 Å². The van der Waals surface area contributed by atoms with Gasteiger partial charge in [0.1, 0.15) is 5.82 Å². The van der Waals surface area contributed by atoms with Gasteiger partial charge < -0.3 is 11.1 Å². The molecule has 7 nitrogen and oxygen atoms in total. The third kappa shape index (κ3) is 5.25. The van der Waals surface area contributed by atoms with Crippen molar-refractivity contribution in [2.75, 3.05) is 10.6 Å². The predicted octanol–water partition coefficient (Wildman–Crippen LogP) is 4.12. The number of hydrogen-bond acceptors (Lipinski definition) is 3. The fraction of sp³-hybridized carbons (Fsp3) is 0.227. The van der Waals surface area contributed by atoms with Crippen LogP contribution in [0.3, 0.4) is 0 Å². The first-order valence-electron chi connectivity index (χ1n) is 9.55. The van der Waals surface area contributed by atoms with Gasteiger partial charge in [0, 0.05) is 11.5 Å². The fourth-order valence-corrected chi connectivity index (χ4v) is 2.90. The van der Waals surface area contributed by atoms with E-state index in [2.05, 4.69) is 15.7 Å². The first kappa shape index (κ1) is 21.9. The number of urea groups is 1. The molecule has 4 N–H and O–H groups in total. The average Bonchev–Trinajstić information content (AvgIpc) is 3.09. The highest BCUT2D eigenvalue weighted by Crippen LogP contribution is 2.27. The van der Waals surface area contributed by atoms with E-state index in [-0.39, 0.29) is 17.5 Å². The van der Waals surface area contributed by atoms with Crippen LogP contribution >= 0.6 is 0 Å². The highest BCUT2D eigenvalue weighted by atomic mass is 19.2. The molecular weight excluding hydrogens is 404 g/mol. The molecule has 9 heteroatoms. The average molecular weight is 427 g/mol. The first-order chi connectivity index (χ1) is 14.5. The molecule has 0 fully saturated rings. The minimum atomic E-state index is -1.15. The Morgan fingerprint density at radius 3 is 2.45 bits per heavy atom. The van der Waals surface area contributed by atoms with Crippen molar-refractivity contribution in [1.29, 1.82) is 0 Å². The third-order valence-electron chi connectivity index (χ3n) is 4.45. The lowest BCUT2D eigenvalue weighted by molar-refractivity contribution is -0.117. The van der Waals surface area contributed by atoms with Gasteiger partial charge in [-0.2, -0.15) is 5.10 Å². The summed E-state index contributed by atoms with van der Waals surface area (Å²) in [5, 5.41) is 9.51. The molecule has 3 aromatic rings. The van der Waals surface area contributed by atoms with Crippen LogP contribution in [0, 0.1) is 11.6 Å². The second-order valence-corrected chi connectivity index (χ2v) is 8.07. The monoisotopic (exact) mass is 427 g/mol. The van der Waals surface area contributed by atoms with Gasteiger partial charge in [0.25, 0.3) is 0 Å². The molecule has 0 aliphatic carbocycles. The second-order valence-electron chi connectivity index (χ2n) is 8.07. The number of amides is 3. The Kier molecular flexibility index (Phi) is 6.05. The van der Waals surface area contributed by atoms with Crippen LogP contribution in [-0.2, 0) is 16.6 Å². The smallest absolute Gasteiger partial charge is 0.324 e. The zero-order chi connectivity index (χ0) is 22.8. The molecule has 1 aromatic heterocycles. The van der Waals surface area contributed by atoms with Gasteiger partial charge in [0.15, 0.2) is 11.6 Å². The number of carbonyl (C=O) groups is 2. The van der Waals surface area contributed by atoms with Gasteiger partial charge in [0.2, 0.25) is 5.91 Å². The summed E-state index contributed by atoms with van der Waals surface area (Å²) in [7, 11) is 0. The molecule has 3 amide bonds. The van der Waals surface area contributed by atoms with Crippen LogP contribution in [0.4, 0.5) is 25.1 Å². The summed E-state index contributed by atoms with van der Waals surface area (Å²) in [6.45, 7) is 5.90. The Balaban J connectivity index is 1.94. The van der Waals surface area contributed by atoms with E-state index in [0.29, 0.717) is 22.8 Å². The zero-order valence-electron chi connectivity index (χ0n) is 17.4. The van der Waals surface area contributed by atoms with Crippen molar-refractivity contribution in [3.8, 4) is 5.69 Å². The number of primary amides is 1. The van der Waals surface area contributed by atoms with Crippen LogP contribution in [0.25, 0.3) is 5.69 Å². The minimum Gasteiger partial charge on any atom is -0.369 e. The molecule has 1 heterocycles. The normalized spacial score (nSPS) is 11.3. The van der Waals surface area contributed by atoms with E-state index < -0.39 is 23.6 Å². The lowest BCUT2D eigenvalue weighted by atomic mass is 9.92. The van der Waals surface area contributed by atoms with Gasteiger partial charge >= 0.3 is 6.03 Å². The number of benzene rings is 2. The molecule has 0 saturated heterocycles. The summed E-state index contributed by atoms with van der Waals surface area (Å²) in [5.41, 5.74) is 6.65. The highest BCUT2D eigenvalue weighted by Gasteiger charge is 2.22. The van der Waals surface area contributed by atoms with Crippen molar-refractivity contribution < 1.29 is 18.4 Å². The van der Waals surface area contributed by atoms with Crippen LogP contribution in [-0.4, -0.2) is 21.7 Å². The maximum atomic E-state index is 13.9. The summed E-state index contributed by atoms with van der Waals surface area (Å²) in [4.78, 5) is 23.8. The molecule has 0 aliphatic heterocycles. The van der Waals surface area contributed by atoms with Crippen molar-refractivity contribution >= 4 is 23.4 Å². The predicted molar refractivity (Wildman–Crippen MR) is 114 cm³/mol. The van der Waals surface area contributed by atoms with Crippen molar-refractivity contribution in [3.63, 3.8) is 0 Å². The van der Waals surface area contributed by atoms with Crippen LogP contribution < -0.4 is 16.4 Å². The maximum Gasteiger partial charge on any atom is 0.324 e. The maximum absolute atomic E-state index is 13.9. The standard InChI is InChI=1S/C22H23F2N5O2/c1-22(2,3)17-12-19(27-21(31)26-16-9-5-8-15(23)20(16)24)29(28-17)14-7-4-6-13(10-14)11-18(25)30/h4-10,12H,11H2,1-3H3,(H2,25,30)(H2,26,27,31). The minimum absolute atomic E-state index is 0.0589. The first-order valence-corrected chi connectivity index (χ1v) is 9.55. The summed E-state index contributed by atoms with van der Waals surface area (Å²) >= 11 is 0.